The van der Waals surface area contributed by atoms with Crippen molar-refractivity contribution in [1.29, 1.82) is 0 Å². The topological polar surface area (TPSA) is 84.0 Å². The van der Waals surface area contributed by atoms with Gasteiger partial charge >= 0.3 is 0 Å². The van der Waals surface area contributed by atoms with E-state index in [1.54, 1.807) is 36.6 Å². The molecule has 3 aromatic rings. The molecule has 0 saturated carbocycles. The van der Waals surface area contributed by atoms with Crippen molar-refractivity contribution in [2.24, 2.45) is 0 Å². The molecule has 0 aliphatic carbocycles. The maximum Gasteiger partial charge on any atom is 0.280 e. The Labute approximate surface area is 155 Å². The molecule has 0 saturated heterocycles. The summed E-state index contributed by atoms with van der Waals surface area (Å²) >= 11 is 1.29. The van der Waals surface area contributed by atoms with Gasteiger partial charge in [0, 0.05) is 10.9 Å². The summed E-state index contributed by atoms with van der Waals surface area (Å²) in [5.41, 5.74) is 3.18. The van der Waals surface area contributed by atoms with E-state index in [2.05, 4.69) is 20.0 Å². The highest BCUT2D eigenvalue weighted by molar-refractivity contribution is 7.92. The molecule has 26 heavy (non-hydrogen) atoms. The van der Waals surface area contributed by atoms with Gasteiger partial charge in [-0.25, -0.2) is 14.4 Å². The van der Waals surface area contributed by atoms with Gasteiger partial charge in [0.15, 0.2) is 10.8 Å². The highest BCUT2D eigenvalue weighted by Crippen LogP contribution is 2.24. The molecule has 1 atom stereocenters. The molecule has 0 radical (unpaired) electrons. The van der Waals surface area contributed by atoms with Crippen LogP contribution in [0.4, 0.5) is 15.9 Å². The van der Waals surface area contributed by atoms with E-state index in [0.717, 1.165) is 0 Å². The minimum atomic E-state index is -3.81. The van der Waals surface area contributed by atoms with Crippen LogP contribution < -0.4 is 10.0 Å². The molecule has 6 nitrogen and oxygen atoms in total. The van der Waals surface area contributed by atoms with Gasteiger partial charge in [-0.15, -0.1) is 11.3 Å². The lowest BCUT2D eigenvalue weighted by Crippen LogP contribution is -2.16. The predicted molar refractivity (Wildman–Crippen MR) is 100 cm³/mol. The van der Waals surface area contributed by atoms with E-state index in [0.29, 0.717) is 16.9 Å². The van der Waals surface area contributed by atoms with Crippen LogP contribution in [-0.4, -0.2) is 18.4 Å². The Kier molecular flexibility index (Phi) is 5.19. The fraction of sp³-hybridized carbons (Fsp3) is 0.176. The van der Waals surface area contributed by atoms with Gasteiger partial charge in [-0.1, -0.05) is 18.2 Å². The number of sulfonamides is 1. The molecule has 0 amide bonds. The molecule has 2 N–H and O–H groups in total. The molecule has 0 aliphatic heterocycles. The molecule has 2 heterocycles. The third-order valence-electron chi connectivity index (χ3n) is 3.75. The number of aryl methyl sites for hydroxylation is 1. The van der Waals surface area contributed by atoms with Crippen LogP contribution in [0.3, 0.4) is 0 Å². The molecular weight excluding hydrogens is 375 g/mol. The van der Waals surface area contributed by atoms with Gasteiger partial charge in [-0.05, 0) is 32.0 Å². The Morgan fingerprint density at radius 2 is 1.96 bits per heavy atom. The Hall–Kier alpha value is -2.52. The summed E-state index contributed by atoms with van der Waals surface area (Å²) in [7, 11) is -3.81. The Balaban J connectivity index is 1.80. The number of hydrogen-bond acceptors (Lipinski definition) is 6. The number of nitrogens with zero attached hydrogens (tertiary/aromatic N) is 2. The number of hydrogen-bond donors (Lipinski definition) is 2. The summed E-state index contributed by atoms with van der Waals surface area (Å²) in [6.07, 6.45) is 0. The van der Waals surface area contributed by atoms with Crippen LogP contribution in [0.2, 0.25) is 0 Å². The molecule has 136 valence electrons. The van der Waals surface area contributed by atoms with E-state index in [1.165, 1.54) is 29.0 Å². The maximum atomic E-state index is 13.9. The number of aromatic nitrogens is 2. The van der Waals surface area contributed by atoms with Gasteiger partial charge in [-0.3, -0.25) is 4.72 Å². The minimum Gasteiger partial charge on any atom is -0.377 e. The number of anilines is 2. The zero-order valence-corrected chi connectivity index (χ0v) is 15.7. The first kappa shape index (κ1) is 18.3. The molecule has 0 unspecified atom stereocenters. The van der Waals surface area contributed by atoms with Crippen molar-refractivity contribution in [1.82, 2.24) is 9.97 Å². The first-order chi connectivity index (χ1) is 12.4. The van der Waals surface area contributed by atoms with Gasteiger partial charge in [0.2, 0.25) is 0 Å². The molecule has 0 aliphatic rings. The van der Waals surface area contributed by atoms with Crippen LogP contribution >= 0.6 is 11.3 Å². The van der Waals surface area contributed by atoms with E-state index >= 15 is 0 Å². The van der Waals surface area contributed by atoms with Crippen LogP contribution in [0.25, 0.3) is 0 Å². The second-order valence-corrected chi connectivity index (χ2v) is 8.00. The zero-order valence-electron chi connectivity index (χ0n) is 14.1. The quantitative estimate of drug-likeness (QED) is 0.663. The minimum absolute atomic E-state index is 0.105. The van der Waals surface area contributed by atoms with E-state index in [4.69, 9.17) is 0 Å². The molecular formula is C17H17FN4O2S2. The average molecular weight is 392 g/mol. The Morgan fingerprint density at radius 3 is 2.62 bits per heavy atom. The van der Waals surface area contributed by atoms with Crippen molar-refractivity contribution in [3.05, 3.63) is 64.4 Å². The molecule has 0 fully saturated rings. The van der Waals surface area contributed by atoms with Gasteiger partial charge in [-0.2, -0.15) is 8.42 Å². The lowest BCUT2D eigenvalue weighted by molar-refractivity contribution is 0.597. The fourth-order valence-corrected chi connectivity index (χ4v) is 3.98. The molecule has 2 aromatic heterocycles. The van der Waals surface area contributed by atoms with E-state index in [9.17, 15) is 12.8 Å². The van der Waals surface area contributed by atoms with Gasteiger partial charge in [0.1, 0.15) is 5.82 Å². The van der Waals surface area contributed by atoms with Crippen molar-refractivity contribution in [2.75, 3.05) is 10.0 Å². The summed E-state index contributed by atoms with van der Waals surface area (Å²) in [5, 5.41) is 4.65. The standard InChI is InChI=1S/C17H17FN4O2S2/c1-11(13-5-3-4-6-14(13)18)20-15-7-8-17(21-12(15)2)26(23,24)22-16-9-25-10-19-16/h3-11,20,22H,1-2H3/t11-/m0/s1. The fourth-order valence-electron chi connectivity index (χ4n) is 2.43. The lowest BCUT2D eigenvalue weighted by atomic mass is 10.1. The highest BCUT2D eigenvalue weighted by atomic mass is 32.2. The molecule has 3 rings (SSSR count). The largest absolute Gasteiger partial charge is 0.377 e. The number of nitrogens with one attached hydrogen (secondary N) is 2. The number of thiazole rings is 1. The number of pyridine rings is 1. The Morgan fingerprint density at radius 1 is 1.19 bits per heavy atom. The van der Waals surface area contributed by atoms with Gasteiger partial charge < -0.3 is 5.32 Å². The van der Waals surface area contributed by atoms with E-state index < -0.39 is 10.0 Å². The third kappa shape index (κ3) is 4.00. The molecule has 0 spiro atoms. The van der Waals surface area contributed by atoms with Crippen molar-refractivity contribution in [2.45, 2.75) is 24.9 Å². The number of halogens is 1. The molecule has 1 aromatic carbocycles. The summed E-state index contributed by atoms with van der Waals surface area (Å²) < 4.78 is 41.0. The second kappa shape index (κ2) is 7.38. The predicted octanol–water partition coefficient (Wildman–Crippen LogP) is 3.96. The monoisotopic (exact) mass is 392 g/mol. The van der Waals surface area contributed by atoms with E-state index in [-0.39, 0.29) is 22.7 Å². The van der Waals surface area contributed by atoms with Crippen LogP contribution in [0.15, 0.2) is 52.3 Å². The highest BCUT2D eigenvalue weighted by Gasteiger charge is 2.19. The first-order valence-electron chi connectivity index (χ1n) is 7.76. The summed E-state index contributed by atoms with van der Waals surface area (Å²) in [4.78, 5) is 8.06. The zero-order chi connectivity index (χ0) is 18.7. The SMILES string of the molecule is Cc1nc(S(=O)(=O)Nc2cscn2)ccc1N[C@@H](C)c1ccccc1F. The normalized spacial score (nSPS) is 12.6. The van der Waals surface area contributed by atoms with Gasteiger partial charge in [0.05, 0.1) is 22.9 Å². The van der Waals surface area contributed by atoms with Crippen LogP contribution in [0, 0.1) is 12.7 Å². The maximum absolute atomic E-state index is 13.9. The first-order valence-corrected chi connectivity index (χ1v) is 10.2. The van der Waals surface area contributed by atoms with Crippen molar-refractivity contribution < 1.29 is 12.8 Å². The Bertz CT molecular complexity index is 1010. The third-order valence-corrected chi connectivity index (χ3v) is 5.59. The summed E-state index contributed by atoms with van der Waals surface area (Å²) in [6.45, 7) is 3.52. The van der Waals surface area contributed by atoms with Gasteiger partial charge in [0.25, 0.3) is 10.0 Å². The van der Waals surface area contributed by atoms with Crippen LogP contribution in [0.1, 0.15) is 24.2 Å². The lowest BCUT2D eigenvalue weighted by Gasteiger charge is -2.18. The number of benzene rings is 1. The summed E-state index contributed by atoms with van der Waals surface area (Å²) in [6, 6.07) is 9.22. The second-order valence-electron chi connectivity index (χ2n) is 5.65. The van der Waals surface area contributed by atoms with Crippen molar-refractivity contribution in [3.63, 3.8) is 0 Å². The average Bonchev–Trinajstić information content (AvgIpc) is 3.09. The van der Waals surface area contributed by atoms with Crippen molar-refractivity contribution >= 4 is 32.9 Å². The smallest absolute Gasteiger partial charge is 0.280 e. The van der Waals surface area contributed by atoms with Crippen LogP contribution in [0.5, 0.6) is 0 Å². The van der Waals surface area contributed by atoms with Crippen molar-refractivity contribution in [3.8, 4) is 0 Å². The summed E-state index contributed by atoms with van der Waals surface area (Å²) in [5.74, 6) is -0.0467. The van der Waals surface area contributed by atoms with Crippen LogP contribution in [-0.2, 0) is 10.0 Å². The molecule has 9 heteroatoms. The van der Waals surface area contributed by atoms with E-state index in [1.807, 2.05) is 6.92 Å². The number of rotatable bonds is 6. The molecule has 0 bridgehead atoms.